The summed E-state index contributed by atoms with van der Waals surface area (Å²) in [4.78, 5) is 13.0. The molecule has 8 heteroatoms. The molecule has 174 valence electrons. The summed E-state index contributed by atoms with van der Waals surface area (Å²) >= 11 is 0. The maximum Gasteiger partial charge on any atom is 0.264 e. The van der Waals surface area contributed by atoms with E-state index in [-0.39, 0.29) is 11.4 Å². The molecule has 1 N–H and O–H groups in total. The number of sulfonamides is 1. The van der Waals surface area contributed by atoms with E-state index in [0.29, 0.717) is 17.2 Å². The molecule has 0 radical (unpaired) electrons. The molecule has 0 saturated carbocycles. The Hall–Kier alpha value is -3.52. The SMILES string of the molecule is COc1ccc(CNC(=O)CN(c2cc(C)ccc2OC)S(=O)(=O)c2ccc(C)cc2)cc1. The summed E-state index contributed by atoms with van der Waals surface area (Å²) in [6, 6.07) is 19.0. The Balaban J connectivity index is 1.90. The van der Waals surface area contributed by atoms with Gasteiger partial charge in [-0.2, -0.15) is 0 Å². The Morgan fingerprint density at radius 2 is 1.52 bits per heavy atom. The first-order valence-corrected chi connectivity index (χ1v) is 11.8. The van der Waals surface area contributed by atoms with Crippen molar-refractivity contribution in [3.63, 3.8) is 0 Å². The number of nitrogens with zero attached hydrogens (tertiary/aromatic N) is 1. The molecule has 0 spiro atoms. The molecule has 3 aromatic rings. The number of nitrogens with one attached hydrogen (secondary N) is 1. The highest BCUT2D eigenvalue weighted by Crippen LogP contribution is 2.33. The van der Waals surface area contributed by atoms with Gasteiger partial charge in [-0.25, -0.2) is 8.42 Å². The third-order valence-electron chi connectivity index (χ3n) is 5.15. The smallest absolute Gasteiger partial charge is 0.264 e. The van der Waals surface area contributed by atoms with Gasteiger partial charge in [-0.15, -0.1) is 0 Å². The summed E-state index contributed by atoms with van der Waals surface area (Å²) < 4.78 is 38.8. The summed E-state index contributed by atoms with van der Waals surface area (Å²) in [5, 5.41) is 2.79. The van der Waals surface area contributed by atoms with Gasteiger partial charge in [-0.3, -0.25) is 9.10 Å². The quantitative estimate of drug-likeness (QED) is 0.516. The molecular formula is C25H28N2O5S. The molecular weight excluding hydrogens is 440 g/mol. The molecule has 0 fully saturated rings. The van der Waals surface area contributed by atoms with Crippen molar-refractivity contribution in [1.82, 2.24) is 5.32 Å². The van der Waals surface area contributed by atoms with Gasteiger partial charge in [0.2, 0.25) is 5.91 Å². The van der Waals surface area contributed by atoms with Crippen molar-refractivity contribution in [2.24, 2.45) is 0 Å². The second kappa shape index (κ2) is 10.4. The van der Waals surface area contributed by atoms with Crippen molar-refractivity contribution in [1.29, 1.82) is 0 Å². The lowest BCUT2D eigenvalue weighted by Gasteiger charge is -2.26. The van der Waals surface area contributed by atoms with E-state index in [1.807, 2.05) is 32.0 Å². The van der Waals surface area contributed by atoms with Gasteiger partial charge in [0, 0.05) is 6.54 Å². The van der Waals surface area contributed by atoms with Crippen LogP contribution in [0, 0.1) is 13.8 Å². The zero-order chi connectivity index (χ0) is 24.0. The molecule has 0 aliphatic heterocycles. The summed E-state index contributed by atoms with van der Waals surface area (Å²) in [5.41, 5.74) is 2.95. The Bertz CT molecular complexity index is 1210. The van der Waals surface area contributed by atoms with Crippen LogP contribution in [-0.4, -0.2) is 35.1 Å². The van der Waals surface area contributed by atoms with Crippen LogP contribution in [-0.2, 0) is 21.4 Å². The Labute approximate surface area is 195 Å². The fraction of sp³-hybridized carbons (Fsp3) is 0.240. The van der Waals surface area contributed by atoms with Gasteiger partial charge in [-0.1, -0.05) is 35.9 Å². The zero-order valence-electron chi connectivity index (χ0n) is 19.2. The fourth-order valence-corrected chi connectivity index (χ4v) is 4.69. The van der Waals surface area contributed by atoms with Crippen LogP contribution in [0.2, 0.25) is 0 Å². The maximum absolute atomic E-state index is 13.6. The minimum absolute atomic E-state index is 0.0969. The number of methoxy groups -OCH3 is 2. The summed E-state index contributed by atoms with van der Waals surface area (Å²) in [5.74, 6) is 0.635. The molecule has 0 aliphatic carbocycles. The van der Waals surface area contributed by atoms with E-state index in [0.717, 1.165) is 21.0 Å². The predicted octanol–water partition coefficient (Wildman–Crippen LogP) is 3.83. The number of carbonyl (C=O) groups is 1. The van der Waals surface area contributed by atoms with Crippen molar-refractivity contribution in [3.05, 3.63) is 83.4 Å². The molecule has 0 bridgehead atoms. The van der Waals surface area contributed by atoms with E-state index in [1.54, 1.807) is 43.5 Å². The Morgan fingerprint density at radius 1 is 0.879 bits per heavy atom. The van der Waals surface area contributed by atoms with Crippen LogP contribution in [0.15, 0.2) is 71.6 Å². The van der Waals surface area contributed by atoms with Crippen LogP contribution in [0.3, 0.4) is 0 Å². The lowest BCUT2D eigenvalue weighted by atomic mass is 10.2. The molecule has 7 nitrogen and oxygen atoms in total. The van der Waals surface area contributed by atoms with Gasteiger partial charge in [0.25, 0.3) is 10.0 Å². The number of ether oxygens (including phenoxy) is 2. The zero-order valence-corrected chi connectivity index (χ0v) is 20.0. The summed E-state index contributed by atoms with van der Waals surface area (Å²) in [6.45, 7) is 3.59. The third-order valence-corrected chi connectivity index (χ3v) is 6.92. The number of aryl methyl sites for hydroxylation is 2. The number of rotatable bonds is 9. The second-order valence-electron chi connectivity index (χ2n) is 7.62. The van der Waals surface area contributed by atoms with Gasteiger partial charge in [-0.05, 0) is 61.4 Å². The van der Waals surface area contributed by atoms with Gasteiger partial charge in [0.15, 0.2) is 0 Å². The van der Waals surface area contributed by atoms with Crippen molar-refractivity contribution in [3.8, 4) is 11.5 Å². The molecule has 0 aliphatic rings. The highest BCUT2D eigenvalue weighted by Gasteiger charge is 2.29. The van der Waals surface area contributed by atoms with E-state index in [2.05, 4.69) is 5.32 Å². The van der Waals surface area contributed by atoms with Crippen molar-refractivity contribution in [2.75, 3.05) is 25.1 Å². The minimum atomic E-state index is -4.03. The summed E-state index contributed by atoms with van der Waals surface area (Å²) in [7, 11) is -0.982. The van der Waals surface area contributed by atoms with Crippen molar-refractivity contribution >= 4 is 21.6 Å². The molecule has 3 rings (SSSR count). The average molecular weight is 469 g/mol. The first-order chi connectivity index (χ1) is 15.7. The van der Waals surface area contributed by atoms with Crippen LogP contribution in [0.4, 0.5) is 5.69 Å². The topological polar surface area (TPSA) is 84.9 Å². The number of carbonyl (C=O) groups excluding carboxylic acids is 1. The molecule has 1 amide bonds. The fourth-order valence-electron chi connectivity index (χ4n) is 3.26. The number of amides is 1. The van der Waals surface area contributed by atoms with E-state index >= 15 is 0 Å². The molecule has 0 aromatic heterocycles. The van der Waals surface area contributed by atoms with E-state index in [1.165, 1.54) is 19.2 Å². The minimum Gasteiger partial charge on any atom is -0.497 e. The van der Waals surface area contributed by atoms with Gasteiger partial charge in [0.05, 0.1) is 24.8 Å². The lowest BCUT2D eigenvalue weighted by Crippen LogP contribution is -2.41. The maximum atomic E-state index is 13.6. The van der Waals surface area contributed by atoms with Crippen LogP contribution in [0.5, 0.6) is 11.5 Å². The van der Waals surface area contributed by atoms with Crippen LogP contribution < -0.4 is 19.1 Å². The molecule has 0 atom stereocenters. The molecule has 3 aromatic carbocycles. The van der Waals surface area contributed by atoms with Gasteiger partial charge < -0.3 is 14.8 Å². The molecule has 0 heterocycles. The average Bonchev–Trinajstić information content (AvgIpc) is 2.81. The van der Waals surface area contributed by atoms with E-state index in [9.17, 15) is 13.2 Å². The van der Waals surface area contributed by atoms with E-state index < -0.39 is 22.5 Å². The Morgan fingerprint density at radius 3 is 2.12 bits per heavy atom. The highest BCUT2D eigenvalue weighted by molar-refractivity contribution is 7.92. The number of hydrogen-bond donors (Lipinski definition) is 1. The van der Waals surface area contributed by atoms with Gasteiger partial charge >= 0.3 is 0 Å². The first kappa shape index (κ1) is 24.1. The molecule has 33 heavy (non-hydrogen) atoms. The third kappa shape index (κ3) is 5.84. The number of benzene rings is 3. The van der Waals surface area contributed by atoms with E-state index in [4.69, 9.17) is 9.47 Å². The molecule has 0 unspecified atom stereocenters. The predicted molar refractivity (Wildman–Crippen MR) is 128 cm³/mol. The van der Waals surface area contributed by atoms with Crippen molar-refractivity contribution in [2.45, 2.75) is 25.3 Å². The van der Waals surface area contributed by atoms with Crippen LogP contribution in [0.25, 0.3) is 0 Å². The highest BCUT2D eigenvalue weighted by atomic mass is 32.2. The normalized spacial score (nSPS) is 11.0. The first-order valence-electron chi connectivity index (χ1n) is 10.4. The second-order valence-corrected chi connectivity index (χ2v) is 9.49. The Kier molecular flexibility index (Phi) is 7.60. The van der Waals surface area contributed by atoms with Crippen LogP contribution >= 0.6 is 0 Å². The largest absolute Gasteiger partial charge is 0.497 e. The number of hydrogen-bond acceptors (Lipinski definition) is 5. The van der Waals surface area contributed by atoms with Crippen LogP contribution in [0.1, 0.15) is 16.7 Å². The van der Waals surface area contributed by atoms with Crippen molar-refractivity contribution < 1.29 is 22.7 Å². The lowest BCUT2D eigenvalue weighted by molar-refractivity contribution is -0.119. The molecule has 0 saturated heterocycles. The standard InChI is InChI=1S/C25H28N2O5S/c1-18-5-12-22(13-6-18)33(29,30)27(23-15-19(2)7-14-24(23)32-4)17-25(28)26-16-20-8-10-21(31-3)11-9-20/h5-15H,16-17H2,1-4H3,(H,26,28). The monoisotopic (exact) mass is 468 g/mol. The number of anilines is 1. The van der Waals surface area contributed by atoms with Gasteiger partial charge in [0.1, 0.15) is 18.0 Å². The summed E-state index contributed by atoms with van der Waals surface area (Å²) in [6.07, 6.45) is 0.